The number of carbonyl (C=O) groups excluding carboxylic acids is 2. The number of hydrogen-bond acceptors (Lipinski definition) is 4. The van der Waals surface area contributed by atoms with Gasteiger partial charge in [-0.15, -0.1) is 0 Å². The first-order valence-electron chi connectivity index (χ1n) is 3.37. The van der Waals surface area contributed by atoms with E-state index in [1.54, 1.807) is 0 Å². The summed E-state index contributed by atoms with van der Waals surface area (Å²) in [6.07, 6.45) is 0.0683. The lowest BCUT2D eigenvalue weighted by Gasteiger charge is -2.10. The van der Waals surface area contributed by atoms with E-state index in [0.29, 0.717) is 0 Å². The molecule has 1 aliphatic heterocycles. The second kappa shape index (κ2) is 2.98. The van der Waals surface area contributed by atoms with Gasteiger partial charge in [0.25, 0.3) is 0 Å². The molecular formula is C6H10N2O3. The molecule has 11 heavy (non-hydrogen) atoms. The Bertz CT molecular complexity index is 192. The smallest absolute Gasteiger partial charge is 0.246 e. The van der Waals surface area contributed by atoms with Crippen molar-refractivity contribution in [3.63, 3.8) is 0 Å². The third-order valence-corrected chi connectivity index (χ3v) is 1.60. The van der Waals surface area contributed by atoms with Gasteiger partial charge in [0.05, 0.1) is 25.6 Å². The number of aliphatic hydroxyl groups excluding tert-OH is 1. The van der Waals surface area contributed by atoms with Gasteiger partial charge in [-0.2, -0.15) is 0 Å². The van der Waals surface area contributed by atoms with Crippen LogP contribution in [0, 0.1) is 0 Å². The molecule has 3 N–H and O–H groups in total. The maximum Gasteiger partial charge on any atom is 0.246 e. The summed E-state index contributed by atoms with van der Waals surface area (Å²) in [5, 5.41) is 8.46. The minimum absolute atomic E-state index is 0.0609. The molecule has 0 saturated carbocycles. The Hall–Kier alpha value is -0.940. The van der Waals surface area contributed by atoms with Crippen molar-refractivity contribution in [3.8, 4) is 0 Å². The molecule has 1 fully saturated rings. The number of rotatable bonds is 2. The van der Waals surface area contributed by atoms with Crippen LogP contribution in [0.1, 0.15) is 6.42 Å². The maximum atomic E-state index is 11.0. The highest BCUT2D eigenvalue weighted by atomic mass is 16.3. The lowest BCUT2D eigenvalue weighted by atomic mass is 10.3. The third kappa shape index (κ3) is 1.38. The Kier molecular flexibility index (Phi) is 2.21. The number of nitrogens with zero attached hydrogens (tertiary/aromatic N) is 1. The van der Waals surface area contributed by atoms with E-state index in [1.165, 1.54) is 0 Å². The predicted octanol–water partition coefficient (Wildman–Crippen LogP) is -1.94. The number of amides is 2. The van der Waals surface area contributed by atoms with Gasteiger partial charge in [0.15, 0.2) is 0 Å². The number of aliphatic hydroxyl groups is 1. The molecule has 2 amide bonds. The number of carbonyl (C=O) groups is 2. The molecule has 62 valence electrons. The van der Waals surface area contributed by atoms with Crippen molar-refractivity contribution in [1.82, 2.24) is 4.90 Å². The zero-order valence-corrected chi connectivity index (χ0v) is 5.99. The molecule has 1 saturated heterocycles. The van der Waals surface area contributed by atoms with E-state index in [2.05, 4.69) is 0 Å². The van der Waals surface area contributed by atoms with Gasteiger partial charge in [-0.05, 0) is 0 Å². The van der Waals surface area contributed by atoms with E-state index < -0.39 is 6.04 Å². The van der Waals surface area contributed by atoms with E-state index in [1.807, 2.05) is 0 Å². The Morgan fingerprint density at radius 2 is 2.27 bits per heavy atom. The van der Waals surface area contributed by atoms with Crippen LogP contribution < -0.4 is 5.73 Å². The fourth-order valence-electron chi connectivity index (χ4n) is 1.04. The number of hydrogen-bond donors (Lipinski definition) is 2. The van der Waals surface area contributed by atoms with Crippen LogP contribution in [0.5, 0.6) is 0 Å². The van der Waals surface area contributed by atoms with Crippen molar-refractivity contribution in [2.24, 2.45) is 5.73 Å². The van der Waals surface area contributed by atoms with Crippen LogP contribution in [0.2, 0.25) is 0 Å². The van der Waals surface area contributed by atoms with Gasteiger partial charge < -0.3 is 10.8 Å². The Balaban J connectivity index is 2.64. The maximum absolute atomic E-state index is 11.0. The number of nitrogens with two attached hydrogens (primary N) is 1. The van der Waals surface area contributed by atoms with Crippen LogP contribution in [0.15, 0.2) is 0 Å². The van der Waals surface area contributed by atoms with Crippen molar-refractivity contribution < 1.29 is 14.7 Å². The fourth-order valence-corrected chi connectivity index (χ4v) is 1.04. The Morgan fingerprint density at radius 3 is 2.64 bits per heavy atom. The summed E-state index contributed by atoms with van der Waals surface area (Å²) in [5.41, 5.74) is 5.30. The van der Waals surface area contributed by atoms with Gasteiger partial charge in [0, 0.05) is 0 Å². The van der Waals surface area contributed by atoms with Crippen LogP contribution in [-0.4, -0.2) is 41.0 Å². The summed E-state index contributed by atoms with van der Waals surface area (Å²) in [7, 11) is 0. The van der Waals surface area contributed by atoms with Crippen molar-refractivity contribution in [2.45, 2.75) is 12.5 Å². The van der Waals surface area contributed by atoms with E-state index in [4.69, 9.17) is 10.8 Å². The molecule has 0 bridgehead atoms. The van der Waals surface area contributed by atoms with Crippen LogP contribution in [-0.2, 0) is 9.59 Å². The number of likely N-dealkylation sites (tertiary alicyclic amines) is 1. The molecule has 5 heteroatoms. The molecule has 5 nitrogen and oxygen atoms in total. The zero-order valence-electron chi connectivity index (χ0n) is 5.99. The van der Waals surface area contributed by atoms with Crippen LogP contribution in [0.4, 0.5) is 0 Å². The van der Waals surface area contributed by atoms with E-state index in [0.717, 1.165) is 4.90 Å². The topological polar surface area (TPSA) is 83.6 Å². The molecular weight excluding hydrogens is 148 g/mol. The summed E-state index contributed by atoms with van der Waals surface area (Å²) < 4.78 is 0. The summed E-state index contributed by atoms with van der Waals surface area (Å²) >= 11 is 0. The minimum atomic E-state index is -0.700. The average Bonchev–Trinajstić information content (AvgIpc) is 2.17. The molecule has 0 radical (unpaired) electrons. The van der Waals surface area contributed by atoms with Crippen LogP contribution >= 0.6 is 0 Å². The van der Waals surface area contributed by atoms with E-state index >= 15 is 0 Å². The SMILES string of the molecule is N[C@@H]1CC(=O)N(CCO)C1=O. The summed E-state index contributed by atoms with van der Waals surface area (Å²) in [5.74, 6) is -0.680. The number of imide groups is 1. The molecule has 0 spiro atoms. The highest BCUT2D eigenvalue weighted by molar-refractivity contribution is 6.05. The average molecular weight is 158 g/mol. The van der Waals surface area contributed by atoms with Gasteiger partial charge in [0.2, 0.25) is 11.8 Å². The molecule has 0 aromatic carbocycles. The van der Waals surface area contributed by atoms with Crippen LogP contribution in [0.25, 0.3) is 0 Å². The van der Waals surface area contributed by atoms with Gasteiger partial charge in [-0.25, -0.2) is 0 Å². The van der Waals surface area contributed by atoms with Crippen molar-refractivity contribution >= 4 is 11.8 Å². The lowest BCUT2D eigenvalue weighted by molar-refractivity contribution is -0.139. The molecule has 0 aromatic rings. The molecule has 0 aromatic heterocycles. The van der Waals surface area contributed by atoms with Crippen LogP contribution in [0.3, 0.4) is 0 Å². The summed E-state index contributed by atoms with van der Waals surface area (Å²) in [4.78, 5) is 22.9. The van der Waals surface area contributed by atoms with Crippen molar-refractivity contribution in [1.29, 1.82) is 0 Å². The summed E-state index contributed by atoms with van der Waals surface area (Å²) in [6.45, 7) is -0.143. The predicted molar refractivity (Wildman–Crippen MR) is 36.4 cm³/mol. The fraction of sp³-hybridized carbons (Fsp3) is 0.667. The zero-order chi connectivity index (χ0) is 8.43. The van der Waals surface area contributed by atoms with E-state index in [-0.39, 0.29) is 31.4 Å². The van der Waals surface area contributed by atoms with Gasteiger partial charge in [0.1, 0.15) is 0 Å². The largest absolute Gasteiger partial charge is 0.395 e. The normalized spacial score (nSPS) is 24.9. The third-order valence-electron chi connectivity index (χ3n) is 1.60. The highest BCUT2D eigenvalue weighted by Gasteiger charge is 2.35. The van der Waals surface area contributed by atoms with Crippen molar-refractivity contribution in [2.75, 3.05) is 13.2 Å². The molecule has 1 rings (SSSR count). The molecule has 0 aliphatic carbocycles. The quantitative estimate of drug-likeness (QED) is 0.458. The van der Waals surface area contributed by atoms with Gasteiger partial charge >= 0.3 is 0 Å². The highest BCUT2D eigenvalue weighted by Crippen LogP contribution is 2.09. The first-order valence-corrected chi connectivity index (χ1v) is 3.37. The summed E-state index contributed by atoms with van der Waals surface area (Å²) in [6, 6.07) is -0.700. The Morgan fingerprint density at radius 1 is 1.64 bits per heavy atom. The standard InChI is InChI=1S/C6H10N2O3/c7-4-3-5(10)8(1-2-9)6(4)11/h4,9H,1-3,7H2/t4-/m1/s1. The minimum Gasteiger partial charge on any atom is -0.395 e. The van der Waals surface area contributed by atoms with E-state index in [9.17, 15) is 9.59 Å². The monoisotopic (exact) mass is 158 g/mol. The second-order valence-corrected chi connectivity index (χ2v) is 2.42. The molecule has 1 atom stereocenters. The second-order valence-electron chi connectivity index (χ2n) is 2.42. The molecule has 0 unspecified atom stereocenters. The lowest BCUT2D eigenvalue weighted by Crippen LogP contribution is -2.36. The molecule has 1 heterocycles. The van der Waals surface area contributed by atoms with Gasteiger partial charge in [-0.3, -0.25) is 14.5 Å². The molecule has 1 aliphatic rings. The Labute approximate surface area is 63.8 Å². The number of β-amino-alcohol motifs (C(OH)–C–C–N with tert-alkyl or cyclic N) is 1. The van der Waals surface area contributed by atoms with Crippen molar-refractivity contribution in [3.05, 3.63) is 0 Å². The first-order chi connectivity index (χ1) is 5.16. The van der Waals surface area contributed by atoms with Gasteiger partial charge in [-0.1, -0.05) is 0 Å². The first kappa shape index (κ1) is 8.16.